The van der Waals surface area contributed by atoms with Crippen LogP contribution < -0.4 is 10.1 Å². The van der Waals surface area contributed by atoms with Crippen molar-refractivity contribution < 1.29 is 4.74 Å². The molecule has 0 saturated carbocycles. The van der Waals surface area contributed by atoms with Crippen molar-refractivity contribution in [2.24, 2.45) is 0 Å². The van der Waals surface area contributed by atoms with E-state index in [0.717, 1.165) is 35.7 Å². The predicted molar refractivity (Wildman–Crippen MR) is 83.4 cm³/mol. The Morgan fingerprint density at radius 2 is 2.00 bits per heavy atom. The highest BCUT2D eigenvalue weighted by atomic mass is 35.5. The maximum absolute atomic E-state index is 6.17. The largest absolute Gasteiger partial charge is 0.485 e. The lowest BCUT2D eigenvalue weighted by Gasteiger charge is -2.29. The summed E-state index contributed by atoms with van der Waals surface area (Å²) in [7, 11) is 1.98. The molecule has 0 radical (unpaired) electrons. The molecule has 1 aliphatic rings. The van der Waals surface area contributed by atoms with E-state index in [1.807, 2.05) is 25.2 Å². The van der Waals surface area contributed by atoms with Crippen molar-refractivity contribution in [3.05, 3.63) is 53.1 Å². The molecule has 2 nitrogen and oxygen atoms in total. The fraction of sp³-hybridized carbons (Fsp3) is 0.294. The Morgan fingerprint density at radius 3 is 2.85 bits per heavy atom. The first-order chi connectivity index (χ1) is 9.79. The second-order valence-corrected chi connectivity index (χ2v) is 5.52. The van der Waals surface area contributed by atoms with Gasteiger partial charge in [-0.25, -0.2) is 0 Å². The predicted octanol–water partition coefficient (Wildman–Crippen LogP) is 4.44. The van der Waals surface area contributed by atoms with E-state index in [0.29, 0.717) is 0 Å². The van der Waals surface area contributed by atoms with Crippen LogP contribution in [0.2, 0.25) is 5.02 Å². The van der Waals surface area contributed by atoms with E-state index in [1.165, 1.54) is 11.1 Å². The molecule has 0 fully saturated rings. The molecule has 2 aromatic carbocycles. The molecular formula is C17H18ClNO. The van der Waals surface area contributed by atoms with Crippen LogP contribution in [-0.4, -0.2) is 13.6 Å². The smallest absolute Gasteiger partial charge is 0.128 e. The van der Waals surface area contributed by atoms with E-state index in [9.17, 15) is 0 Å². The second kappa shape index (κ2) is 5.86. The zero-order chi connectivity index (χ0) is 13.9. The molecule has 0 saturated heterocycles. The van der Waals surface area contributed by atoms with Gasteiger partial charge in [0.1, 0.15) is 11.9 Å². The molecule has 3 heteroatoms. The first kappa shape index (κ1) is 13.5. The van der Waals surface area contributed by atoms with Gasteiger partial charge in [0.05, 0.1) is 0 Å². The standard InChI is InChI=1S/C17H18ClNO/c1-19-10-4-7-16-14-6-3-2-5-13(14)15-11-12(18)8-9-17(15)20-16/h2-3,5-6,8-9,11,16,19H,4,7,10H2,1H3. The number of hydrogen-bond donors (Lipinski definition) is 1. The lowest BCUT2D eigenvalue weighted by Crippen LogP contribution is -2.16. The number of hydrogen-bond acceptors (Lipinski definition) is 2. The lowest BCUT2D eigenvalue weighted by molar-refractivity contribution is 0.188. The summed E-state index contributed by atoms with van der Waals surface area (Å²) in [4.78, 5) is 0. The summed E-state index contributed by atoms with van der Waals surface area (Å²) in [6, 6.07) is 14.3. The number of nitrogens with one attached hydrogen (secondary N) is 1. The van der Waals surface area contributed by atoms with Crippen molar-refractivity contribution in [3.8, 4) is 16.9 Å². The van der Waals surface area contributed by atoms with Crippen LogP contribution in [0, 0.1) is 0 Å². The average molecular weight is 288 g/mol. The Balaban J connectivity index is 1.97. The molecule has 1 aliphatic heterocycles. The average Bonchev–Trinajstić information content (AvgIpc) is 2.48. The third-order valence-electron chi connectivity index (χ3n) is 3.70. The van der Waals surface area contributed by atoms with E-state index in [2.05, 4.69) is 29.6 Å². The van der Waals surface area contributed by atoms with Gasteiger partial charge in [-0.3, -0.25) is 0 Å². The van der Waals surface area contributed by atoms with E-state index in [-0.39, 0.29) is 6.10 Å². The molecule has 0 amide bonds. The highest BCUT2D eigenvalue weighted by molar-refractivity contribution is 6.31. The number of ether oxygens (including phenoxy) is 1. The molecule has 104 valence electrons. The third kappa shape index (κ3) is 2.54. The Hall–Kier alpha value is -1.51. The summed E-state index contributed by atoms with van der Waals surface area (Å²) in [5, 5.41) is 3.93. The molecule has 0 aromatic heterocycles. The summed E-state index contributed by atoms with van der Waals surface area (Å²) in [6.45, 7) is 1.01. The zero-order valence-corrected chi connectivity index (χ0v) is 12.3. The molecule has 20 heavy (non-hydrogen) atoms. The van der Waals surface area contributed by atoms with Gasteiger partial charge in [-0.1, -0.05) is 35.9 Å². The molecule has 0 bridgehead atoms. The molecule has 0 aliphatic carbocycles. The normalized spacial score (nSPS) is 16.2. The van der Waals surface area contributed by atoms with Crippen molar-refractivity contribution in [2.75, 3.05) is 13.6 Å². The van der Waals surface area contributed by atoms with Gasteiger partial charge in [-0.05, 0) is 50.2 Å². The summed E-state index contributed by atoms with van der Waals surface area (Å²) < 4.78 is 6.17. The Bertz CT molecular complexity index is 612. The monoisotopic (exact) mass is 287 g/mol. The summed E-state index contributed by atoms with van der Waals surface area (Å²) in [6.07, 6.45) is 2.24. The van der Waals surface area contributed by atoms with Crippen LogP contribution in [0.15, 0.2) is 42.5 Å². The second-order valence-electron chi connectivity index (χ2n) is 5.08. The van der Waals surface area contributed by atoms with Crippen LogP contribution in [0.1, 0.15) is 24.5 Å². The van der Waals surface area contributed by atoms with Crippen molar-refractivity contribution >= 4 is 11.6 Å². The maximum Gasteiger partial charge on any atom is 0.128 e. The van der Waals surface area contributed by atoms with Crippen LogP contribution in [-0.2, 0) is 0 Å². The number of fused-ring (bicyclic) bond motifs is 3. The van der Waals surface area contributed by atoms with Crippen molar-refractivity contribution in [3.63, 3.8) is 0 Å². The fourth-order valence-corrected chi connectivity index (χ4v) is 2.91. The SMILES string of the molecule is CNCCCC1Oc2ccc(Cl)cc2-c2ccccc21. The lowest BCUT2D eigenvalue weighted by atomic mass is 9.91. The number of rotatable bonds is 4. The van der Waals surface area contributed by atoms with Gasteiger partial charge < -0.3 is 10.1 Å². The minimum atomic E-state index is 0.133. The maximum atomic E-state index is 6.17. The highest BCUT2D eigenvalue weighted by Crippen LogP contribution is 2.44. The van der Waals surface area contributed by atoms with Gasteiger partial charge in [0.2, 0.25) is 0 Å². The number of benzene rings is 2. The first-order valence-corrected chi connectivity index (χ1v) is 7.37. The Kier molecular flexibility index (Phi) is 3.95. The van der Waals surface area contributed by atoms with Crippen LogP contribution >= 0.6 is 11.6 Å². The Labute approximate surface area is 124 Å². The van der Waals surface area contributed by atoms with E-state index in [1.54, 1.807) is 0 Å². The molecule has 1 heterocycles. The van der Waals surface area contributed by atoms with Gasteiger partial charge in [0.25, 0.3) is 0 Å². The molecule has 1 N–H and O–H groups in total. The number of halogens is 1. The van der Waals surface area contributed by atoms with Gasteiger partial charge in [0, 0.05) is 16.1 Å². The Morgan fingerprint density at radius 1 is 1.15 bits per heavy atom. The quantitative estimate of drug-likeness (QED) is 0.840. The van der Waals surface area contributed by atoms with Crippen molar-refractivity contribution in [2.45, 2.75) is 18.9 Å². The molecular weight excluding hydrogens is 270 g/mol. The highest BCUT2D eigenvalue weighted by Gasteiger charge is 2.25. The van der Waals surface area contributed by atoms with Gasteiger partial charge >= 0.3 is 0 Å². The molecule has 3 rings (SSSR count). The van der Waals surface area contributed by atoms with E-state index < -0.39 is 0 Å². The first-order valence-electron chi connectivity index (χ1n) is 6.99. The van der Waals surface area contributed by atoms with Gasteiger partial charge in [-0.2, -0.15) is 0 Å². The summed E-state index contributed by atoms with van der Waals surface area (Å²) in [5.41, 5.74) is 3.60. The molecule has 0 spiro atoms. The van der Waals surface area contributed by atoms with Gasteiger partial charge in [0.15, 0.2) is 0 Å². The van der Waals surface area contributed by atoms with Gasteiger partial charge in [-0.15, -0.1) is 0 Å². The minimum Gasteiger partial charge on any atom is -0.485 e. The minimum absolute atomic E-state index is 0.133. The molecule has 1 unspecified atom stereocenters. The zero-order valence-electron chi connectivity index (χ0n) is 11.5. The summed E-state index contributed by atoms with van der Waals surface area (Å²) >= 11 is 6.12. The van der Waals surface area contributed by atoms with Crippen molar-refractivity contribution in [1.29, 1.82) is 0 Å². The fourth-order valence-electron chi connectivity index (χ4n) is 2.73. The molecule has 1 atom stereocenters. The molecule has 2 aromatic rings. The van der Waals surface area contributed by atoms with Crippen LogP contribution in [0.5, 0.6) is 5.75 Å². The third-order valence-corrected chi connectivity index (χ3v) is 3.94. The van der Waals surface area contributed by atoms with Crippen molar-refractivity contribution in [1.82, 2.24) is 5.32 Å². The van der Waals surface area contributed by atoms with Crippen LogP contribution in [0.4, 0.5) is 0 Å². The van der Waals surface area contributed by atoms with E-state index in [4.69, 9.17) is 16.3 Å². The summed E-state index contributed by atoms with van der Waals surface area (Å²) in [5.74, 6) is 0.933. The van der Waals surface area contributed by atoms with E-state index >= 15 is 0 Å². The van der Waals surface area contributed by atoms with Crippen LogP contribution in [0.25, 0.3) is 11.1 Å². The topological polar surface area (TPSA) is 21.3 Å². The van der Waals surface area contributed by atoms with Crippen LogP contribution in [0.3, 0.4) is 0 Å².